The van der Waals surface area contributed by atoms with Crippen LogP contribution in [0.1, 0.15) is 16.7 Å². The summed E-state index contributed by atoms with van der Waals surface area (Å²) >= 11 is 0.886. The largest absolute Gasteiger partial charge is 0.491 e. The van der Waals surface area contributed by atoms with E-state index in [-0.39, 0.29) is 35.9 Å². The second-order valence-electron chi connectivity index (χ2n) is 7.73. The maximum atomic E-state index is 12.7. The van der Waals surface area contributed by atoms with Crippen LogP contribution in [0.5, 0.6) is 17.4 Å². The second kappa shape index (κ2) is 10.4. The fourth-order valence-corrected chi connectivity index (χ4v) is 4.11. The zero-order chi connectivity index (χ0) is 24.9. The first kappa shape index (κ1) is 24.0. The average molecular weight is 492 g/mol. The maximum Gasteiger partial charge on any atom is 0.293 e. The van der Waals surface area contributed by atoms with Gasteiger partial charge in [-0.2, -0.15) is 0 Å². The van der Waals surface area contributed by atoms with Crippen LogP contribution >= 0.6 is 11.8 Å². The van der Waals surface area contributed by atoms with E-state index < -0.39 is 4.92 Å². The number of nitro groups is 1. The minimum absolute atomic E-state index is 0.126. The molecular weight excluding hydrogens is 470 g/mol. The standard InChI is InChI=1S/C25H21N3O6S/c1-16-3-4-17(2)21(13-16)33-12-11-27-24(29)22(35-25(27)30)14-18-5-8-20(9-6-18)34-23-10-7-19(15-26-23)28(31)32/h3-10,13-15H,11-12H2,1-2H3/b22-14-. The quantitative estimate of drug-likeness (QED) is 0.230. The van der Waals surface area contributed by atoms with Crippen LogP contribution in [0.15, 0.2) is 65.7 Å². The van der Waals surface area contributed by atoms with Crippen LogP contribution in [0.3, 0.4) is 0 Å². The molecule has 1 saturated heterocycles. The second-order valence-corrected chi connectivity index (χ2v) is 8.73. The summed E-state index contributed by atoms with van der Waals surface area (Å²) in [6, 6.07) is 15.4. The first-order chi connectivity index (χ1) is 16.8. The summed E-state index contributed by atoms with van der Waals surface area (Å²) in [7, 11) is 0. The van der Waals surface area contributed by atoms with Gasteiger partial charge in [0, 0.05) is 12.1 Å². The first-order valence-electron chi connectivity index (χ1n) is 10.6. The highest BCUT2D eigenvalue weighted by Gasteiger charge is 2.34. The molecule has 0 aliphatic carbocycles. The Hall–Kier alpha value is -4.18. The van der Waals surface area contributed by atoms with E-state index in [1.54, 1.807) is 30.3 Å². The summed E-state index contributed by atoms with van der Waals surface area (Å²) in [5, 5.41) is 10.4. The number of hydrogen-bond acceptors (Lipinski definition) is 8. The van der Waals surface area contributed by atoms with Gasteiger partial charge in [-0.1, -0.05) is 24.3 Å². The number of carbonyl (C=O) groups is 2. The molecule has 0 bridgehead atoms. The molecule has 0 N–H and O–H groups in total. The van der Waals surface area contributed by atoms with Gasteiger partial charge in [0.2, 0.25) is 5.88 Å². The Kier molecular flexibility index (Phi) is 7.11. The van der Waals surface area contributed by atoms with Crippen molar-refractivity contribution in [2.24, 2.45) is 0 Å². The van der Waals surface area contributed by atoms with E-state index in [1.807, 2.05) is 32.0 Å². The van der Waals surface area contributed by atoms with Crippen molar-refractivity contribution in [3.63, 3.8) is 0 Å². The lowest BCUT2D eigenvalue weighted by Crippen LogP contribution is -2.32. The van der Waals surface area contributed by atoms with Gasteiger partial charge in [-0.15, -0.1) is 0 Å². The van der Waals surface area contributed by atoms with E-state index in [9.17, 15) is 19.7 Å². The molecule has 1 aliphatic heterocycles. The van der Waals surface area contributed by atoms with Crippen LogP contribution in [-0.2, 0) is 4.79 Å². The number of pyridine rings is 1. The smallest absolute Gasteiger partial charge is 0.293 e. The van der Waals surface area contributed by atoms with Gasteiger partial charge in [0.15, 0.2) is 0 Å². The number of carbonyl (C=O) groups excluding carboxylic acids is 2. The van der Waals surface area contributed by atoms with Gasteiger partial charge < -0.3 is 9.47 Å². The third kappa shape index (κ3) is 5.85. The summed E-state index contributed by atoms with van der Waals surface area (Å²) in [6.45, 7) is 4.28. The van der Waals surface area contributed by atoms with Gasteiger partial charge >= 0.3 is 0 Å². The summed E-state index contributed by atoms with van der Waals surface area (Å²) in [5.41, 5.74) is 2.64. The predicted molar refractivity (Wildman–Crippen MR) is 131 cm³/mol. The van der Waals surface area contributed by atoms with Crippen molar-refractivity contribution in [3.05, 3.63) is 92.5 Å². The molecule has 9 nitrogen and oxygen atoms in total. The molecule has 2 heterocycles. The molecule has 0 spiro atoms. The first-order valence-corrected chi connectivity index (χ1v) is 11.5. The Bertz CT molecular complexity index is 1310. The van der Waals surface area contributed by atoms with Gasteiger partial charge in [-0.05, 0) is 66.6 Å². The number of rotatable bonds is 8. The summed E-state index contributed by atoms with van der Waals surface area (Å²) in [4.78, 5) is 40.7. The number of hydrogen-bond donors (Lipinski definition) is 0. The Balaban J connectivity index is 1.36. The van der Waals surface area contributed by atoms with Crippen molar-refractivity contribution in [1.29, 1.82) is 0 Å². The van der Waals surface area contributed by atoms with E-state index >= 15 is 0 Å². The van der Waals surface area contributed by atoms with E-state index in [4.69, 9.17) is 9.47 Å². The van der Waals surface area contributed by atoms with Crippen molar-refractivity contribution in [2.75, 3.05) is 13.2 Å². The van der Waals surface area contributed by atoms with Gasteiger partial charge in [0.25, 0.3) is 16.8 Å². The molecule has 0 atom stereocenters. The molecule has 1 aliphatic rings. The molecule has 2 amide bonds. The number of amides is 2. The Morgan fingerprint density at radius 2 is 1.86 bits per heavy atom. The van der Waals surface area contributed by atoms with Gasteiger partial charge in [-0.3, -0.25) is 24.6 Å². The molecule has 2 aromatic carbocycles. The predicted octanol–water partition coefficient (Wildman–Crippen LogP) is 5.51. The number of thioether (sulfide) groups is 1. The Morgan fingerprint density at radius 1 is 1.09 bits per heavy atom. The van der Waals surface area contributed by atoms with Crippen LogP contribution in [0.25, 0.3) is 6.08 Å². The number of aromatic nitrogens is 1. The van der Waals surface area contributed by atoms with Gasteiger partial charge in [0.1, 0.15) is 24.3 Å². The van der Waals surface area contributed by atoms with Crippen molar-refractivity contribution in [2.45, 2.75) is 13.8 Å². The SMILES string of the molecule is Cc1ccc(C)c(OCCN2C(=O)S/C(=C\c3ccc(Oc4ccc([N+](=O)[O-])cn4)cc3)C2=O)c1. The molecule has 0 unspecified atom stereocenters. The monoisotopic (exact) mass is 491 g/mol. The lowest BCUT2D eigenvalue weighted by atomic mass is 10.1. The highest BCUT2D eigenvalue weighted by molar-refractivity contribution is 8.18. The highest BCUT2D eigenvalue weighted by Crippen LogP contribution is 2.32. The number of nitrogens with zero attached hydrogens (tertiary/aromatic N) is 3. The van der Waals surface area contributed by atoms with Crippen LogP contribution in [0, 0.1) is 24.0 Å². The van der Waals surface area contributed by atoms with Crippen LogP contribution in [0.4, 0.5) is 10.5 Å². The molecule has 4 rings (SSSR count). The molecule has 0 radical (unpaired) electrons. The van der Waals surface area contributed by atoms with E-state index in [0.29, 0.717) is 16.2 Å². The third-order valence-corrected chi connectivity index (χ3v) is 6.03. The maximum absolute atomic E-state index is 12.7. The molecule has 1 fully saturated rings. The van der Waals surface area contributed by atoms with Crippen molar-refractivity contribution < 1.29 is 24.0 Å². The zero-order valence-electron chi connectivity index (χ0n) is 19.0. The molecule has 10 heteroatoms. The molecule has 3 aromatic rings. The summed E-state index contributed by atoms with van der Waals surface area (Å²) in [6.07, 6.45) is 2.76. The third-order valence-electron chi connectivity index (χ3n) is 5.12. The van der Waals surface area contributed by atoms with Crippen LogP contribution in [-0.4, -0.2) is 39.1 Å². The highest BCUT2D eigenvalue weighted by atomic mass is 32.2. The van der Waals surface area contributed by atoms with Crippen molar-refractivity contribution in [1.82, 2.24) is 9.88 Å². The van der Waals surface area contributed by atoms with Gasteiger partial charge in [0.05, 0.1) is 16.4 Å². The number of imide groups is 1. The summed E-state index contributed by atoms with van der Waals surface area (Å²) in [5.74, 6) is 1.06. The van der Waals surface area contributed by atoms with E-state index in [2.05, 4.69) is 4.98 Å². The average Bonchev–Trinajstić information content (AvgIpc) is 3.10. The topological polar surface area (TPSA) is 112 Å². The fourth-order valence-electron chi connectivity index (χ4n) is 3.25. The summed E-state index contributed by atoms with van der Waals surface area (Å²) < 4.78 is 11.4. The number of benzene rings is 2. The lowest BCUT2D eigenvalue weighted by Gasteiger charge is -2.14. The lowest BCUT2D eigenvalue weighted by molar-refractivity contribution is -0.385. The van der Waals surface area contributed by atoms with E-state index in [0.717, 1.165) is 34.8 Å². The molecule has 0 saturated carbocycles. The Labute approximate surface area is 205 Å². The molecule has 1 aromatic heterocycles. The number of ether oxygens (including phenoxy) is 2. The van der Waals surface area contributed by atoms with Crippen LogP contribution < -0.4 is 9.47 Å². The molecular formula is C25H21N3O6S. The van der Waals surface area contributed by atoms with Gasteiger partial charge in [-0.25, -0.2) is 4.98 Å². The minimum atomic E-state index is -0.536. The van der Waals surface area contributed by atoms with Crippen LogP contribution in [0.2, 0.25) is 0 Å². The fraction of sp³-hybridized carbons (Fsp3) is 0.160. The molecule has 35 heavy (non-hydrogen) atoms. The normalized spacial score (nSPS) is 14.5. The Morgan fingerprint density at radius 3 is 2.54 bits per heavy atom. The number of aryl methyl sites for hydroxylation is 2. The van der Waals surface area contributed by atoms with Crippen molar-refractivity contribution in [3.8, 4) is 17.4 Å². The molecule has 178 valence electrons. The van der Waals surface area contributed by atoms with E-state index in [1.165, 1.54) is 17.0 Å². The minimum Gasteiger partial charge on any atom is -0.491 e. The zero-order valence-corrected chi connectivity index (χ0v) is 19.8. The van der Waals surface area contributed by atoms with Crippen molar-refractivity contribution >= 4 is 34.7 Å².